The van der Waals surface area contributed by atoms with E-state index in [0.29, 0.717) is 11.2 Å². The van der Waals surface area contributed by atoms with Crippen LogP contribution in [0.3, 0.4) is 0 Å². The summed E-state index contributed by atoms with van der Waals surface area (Å²) >= 11 is 5.12. The van der Waals surface area contributed by atoms with Gasteiger partial charge in [-0.2, -0.15) is 0 Å². The maximum Gasteiger partial charge on any atom is 0.204 e. The highest BCUT2D eigenvalue weighted by molar-refractivity contribution is 7.71. The Morgan fingerprint density at radius 3 is 2.93 bits per heavy atom. The average molecular weight is 225 g/mol. The molecule has 0 bridgehead atoms. The van der Waals surface area contributed by atoms with Crippen molar-refractivity contribution < 1.29 is 4.74 Å². The standard InChI is InChI=1S/C10H15N3OS/c1-14-7-8-6-9(15)12-10(11-8)13-4-2-3-5-13/h6H,2-5,7H2,1H3,(H,11,12,15). The first-order chi connectivity index (χ1) is 7.29. The molecule has 1 aromatic heterocycles. The SMILES string of the molecule is COCc1cc(=S)nc(N2CCCC2)[nH]1. The van der Waals surface area contributed by atoms with Crippen molar-refractivity contribution in [2.75, 3.05) is 25.1 Å². The Labute approximate surface area is 94.3 Å². The summed E-state index contributed by atoms with van der Waals surface area (Å²) in [5.74, 6) is 0.882. The first kappa shape index (κ1) is 10.6. The Kier molecular flexibility index (Phi) is 3.33. The predicted octanol–water partition coefficient (Wildman–Crippen LogP) is 1.89. The number of anilines is 1. The number of nitrogens with one attached hydrogen (secondary N) is 1. The van der Waals surface area contributed by atoms with Gasteiger partial charge in [-0.25, -0.2) is 4.98 Å². The zero-order valence-electron chi connectivity index (χ0n) is 8.82. The minimum absolute atomic E-state index is 0.549. The monoisotopic (exact) mass is 225 g/mol. The first-order valence-electron chi connectivity index (χ1n) is 5.14. The summed E-state index contributed by atoms with van der Waals surface area (Å²) in [7, 11) is 1.67. The highest BCUT2D eigenvalue weighted by atomic mass is 32.1. The molecule has 0 amide bonds. The van der Waals surface area contributed by atoms with Gasteiger partial charge in [0.15, 0.2) is 0 Å². The number of methoxy groups -OCH3 is 1. The maximum atomic E-state index is 5.12. The number of H-pyrrole nitrogens is 1. The highest BCUT2D eigenvalue weighted by Crippen LogP contribution is 2.15. The predicted molar refractivity (Wildman–Crippen MR) is 61.6 cm³/mol. The molecule has 0 radical (unpaired) electrons. The third-order valence-corrected chi connectivity index (χ3v) is 2.70. The molecule has 0 aliphatic carbocycles. The lowest BCUT2D eigenvalue weighted by atomic mass is 10.4. The molecule has 2 heterocycles. The second kappa shape index (κ2) is 4.72. The van der Waals surface area contributed by atoms with Crippen LogP contribution in [0.2, 0.25) is 0 Å². The molecule has 1 aliphatic heterocycles. The van der Waals surface area contributed by atoms with E-state index in [4.69, 9.17) is 17.0 Å². The number of rotatable bonds is 3. The van der Waals surface area contributed by atoms with E-state index in [1.165, 1.54) is 12.8 Å². The second-order valence-corrected chi connectivity index (χ2v) is 4.11. The van der Waals surface area contributed by atoms with Gasteiger partial charge in [0.2, 0.25) is 5.95 Å². The van der Waals surface area contributed by atoms with E-state index in [0.717, 1.165) is 24.7 Å². The van der Waals surface area contributed by atoms with Gasteiger partial charge in [0, 0.05) is 25.9 Å². The van der Waals surface area contributed by atoms with Gasteiger partial charge in [-0.15, -0.1) is 0 Å². The highest BCUT2D eigenvalue weighted by Gasteiger charge is 2.14. The molecule has 1 aromatic rings. The lowest BCUT2D eigenvalue weighted by molar-refractivity contribution is 0.181. The van der Waals surface area contributed by atoms with Gasteiger partial charge >= 0.3 is 0 Å². The fraction of sp³-hybridized carbons (Fsp3) is 0.600. The number of nitrogens with zero attached hydrogens (tertiary/aromatic N) is 2. The van der Waals surface area contributed by atoms with Crippen LogP contribution in [-0.4, -0.2) is 30.2 Å². The molecule has 5 heteroatoms. The van der Waals surface area contributed by atoms with Gasteiger partial charge in [-0.1, -0.05) is 12.2 Å². The molecule has 0 unspecified atom stereocenters. The average Bonchev–Trinajstić information content (AvgIpc) is 2.70. The summed E-state index contributed by atoms with van der Waals surface area (Å²) in [5.41, 5.74) is 0.986. The molecule has 4 nitrogen and oxygen atoms in total. The maximum absolute atomic E-state index is 5.12. The number of aromatic nitrogens is 2. The molecule has 1 aliphatic rings. The van der Waals surface area contributed by atoms with E-state index in [2.05, 4.69) is 14.9 Å². The first-order valence-corrected chi connectivity index (χ1v) is 5.54. The van der Waals surface area contributed by atoms with Crippen LogP contribution in [0.25, 0.3) is 0 Å². The minimum Gasteiger partial charge on any atom is -0.378 e. The molecular weight excluding hydrogens is 210 g/mol. The molecule has 0 spiro atoms. The fourth-order valence-corrected chi connectivity index (χ4v) is 2.03. The van der Waals surface area contributed by atoms with Crippen LogP contribution >= 0.6 is 12.2 Å². The number of hydrogen-bond acceptors (Lipinski definition) is 4. The van der Waals surface area contributed by atoms with Crippen molar-refractivity contribution in [2.24, 2.45) is 0 Å². The van der Waals surface area contributed by atoms with Crippen molar-refractivity contribution >= 4 is 18.2 Å². The van der Waals surface area contributed by atoms with Crippen molar-refractivity contribution in [3.05, 3.63) is 16.4 Å². The molecule has 1 N–H and O–H groups in total. The number of hydrogen-bond donors (Lipinski definition) is 1. The summed E-state index contributed by atoms with van der Waals surface area (Å²) in [5, 5.41) is 0. The van der Waals surface area contributed by atoms with Gasteiger partial charge < -0.3 is 14.6 Å². The fourth-order valence-electron chi connectivity index (χ4n) is 1.81. The normalized spacial score (nSPS) is 15.9. The van der Waals surface area contributed by atoms with E-state index in [9.17, 15) is 0 Å². The Bertz CT molecular complexity index is 384. The quantitative estimate of drug-likeness (QED) is 0.798. The van der Waals surface area contributed by atoms with E-state index < -0.39 is 0 Å². The Morgan fingerprint density at radius 2 is 2.27 bits per heavy atom. The summed E-state index contributed by atoms with van der Waals surface area (Å²) in [6, 6.07) is 1.85. The molecule has 1 fully saturated rings. The van der Waals surface area contributed by atoms with Crippen LogP contribution in [0.5, 0.6) is 0 Å². The minimum atomic E-state index is 0.549. The van der Waals surface area contributed by atoms with E-state index in [1.807, 2.05) is 6.07 Å². The Morgan fingerprint density at radius 1 is 1.53 bits per heavy atom. The van der Waals surface area contributed by atoms with Crippen molar-refractivity contribution in [3.63, 3.8) is 0 Å². The number of aromatic amines is 1. The van der Waals surface area contributed by atoms with Crippen LogP contribution in [0.1, 0.15) is 18.5 Å². The van der Waals surface area contributed by atoms with Crippen molar-refractivity contribution in [1.82, 2.24) is 9.97 Å². The van der Waals surface area contributed by atoms with Crippen LogP contribution < -0.4 is 4.90 Å². The topological polar surface area (TPSA) is 41.1 Å². The summed E-state index contributed by atoms with van der Waals surface area (Å²) in [6.07, 6.45) is 2.47. The van der Waals surface area contributed by atoms with Gasteiger partial charge in [-0.3, -0.25) is 0 Å². The lowest BCUT2D eigenvalue weighted by Crippen LogP contribution is -2.21. The van der Waals surface area contributed by atoms with Crippen LogP contribution in [-0.2, 0) is 11.3 Å². The largest absolute Gasteiger partial charge is 0.378 e. The molecule has 15 heavy (non-hydrogen) atoms. The molecule has 2 rings (SSSR count). The van der Waals surface area contributed by atoms with Crippen LogP contribution in [0.15, 0.2) is 6.07 Å². The van der Waals surface area contributed by atoms with Crippen molar-refractivity contribution in [3.8, 4) is 0 Å². The summed E-state index contributed by atoms with van der Waals surface area (Å²) in [4.78, 5) is 9.81. The molecule has 82 valence electrons. The third-order valence-electron chi connectivity index (χ3n) is 2.49. The molecule has 0 aromatic carbocycles. The van der Waals surface area contributed by atoms with Crippen LogP contribution in [0, 0.1) is 4.64 Å². The molecular formula is C10H15N3OS. The van der Waals surface area contributed by atoms with E-state index in [1.54, 1.807) is 7.11 Å². The van der Waals surface area contributed by atoms with Crippen molar-refractivity contribution in [1.29, 1.82) is 0 Å². The molecule has 0 atom stereocenters. The Balaban J connectivity index is 2.26. The van der Waals surface area contributed by atoms with Gasteiger partial charge in [0.05, 0.1) is 6.61 Å². The van der Waals surface area contributed by atoms with Gasteiger partial charge in [0.25, 0.3) is 0 Å². The zero-order valence-corrected chi connectivity index (χ0v) is 9.64. The summed E-state index contributed by atoms with van der Waals surface area (Å²) < 4.78 is 5.70. The van der Waals surface area contributed by atoms with Gasteiger partial charge in [0.1, 0.15) is 4.64 Å². The van der Waals surface area contributed by atoms with Crippen molar-refractivity contribution in [2.45, 2.75) is 19.4 Å². The van der Waals surface area contributed by atoms with Crippen LogP contribution in [0.4, 0.5) is 5.95 Å². The van der Waals surface area contributed by atoms with E-state index in [-0.39, 0.29) is 0 Å². The zero-order chi connectivity index (χ0) is 10.7. The van der Waals surface area contributed by atoms with E-state index >= 15 is 0 Å². The Hall–Kier alpha value is -0.940. The second-order valence-electron chi connectivity index (χ2n) is 3.70. The summed E-state index contributed by atoms with van der Waals surface area (Å²) in [6.45, 7) is 2.68. The molecule has 0 saturated carbocycles. The van der Waals surface area contributed by atoms with Gasteiger partial charge in [-0.05, 0) is 18.9 Å². The smallest absolute Gasteiger partial charge is 0.204 e. The molecule has 1 saturated heterocycles. The lowest BCUT2D eigenvalue weighted by Gasteiger charge is -2.16. The third kappa shape index (κ3) is 2.54. The number of ether oxygens (including phenoxy) is 1.